The van der Waals surface area contributed by atoms with Crippen LogP contribution in [0.5, 0.6) is 0 Å². The summed E-state index contributed by atoms with van der Waals surface area (Å²) in [6.07, 6.45) is 0.451. The minimum atomic E-state index is -0.306. The van der Waals surface area contributed by atoms with E-state index in [9.17, 15) is 9.59 Å². The van der Waals surface area contributed by atoms with Gasteiger partial charge in [0, 0.05) is 18.1 Å². The van der Waals surface area contributed by atoms with E-state index in [2.05, 4.69) is 0 Å². The molecule has 0 bridgehead atoms. The lowest BCUT2D eigenvalue weighted by Crippen LogP contribution is -2.34. The van der Waals surface area contributed by atoms with Crippen LogP contribution in [0.3, 0.4) is 0 Å². The Labute approximate surface area is 153 Å². The number of benzene rings is 2. The Kier molecular flexibility index (Phi) is 7.48. The number of esters is 1. The van der Waals surface area contributed by atoms with Gasteiger partial charge < -0.3 is 9.64 Å². The summed E-state index contributed by atoms with van der Waals surface area (Å²) in [5.41, 5.74) is 1.79. The Hall–Kier alpha value is -2.33. The third kappa shape index (κ3) is 6.24. The van der Waals surface area contributed by atoms with Gasteiger partial charge in [0.05, 0.1) is 19.4 Å². The topological polar surface area (TPSA) is 46.6 Å². The van der Waals surface area contributed by atoms with Gasteiger partial charge in [0.25, 0.3) is 0 Å². The maximum absolute atomic E-state index is 12.7. The van der Waals surface area contributed by atoms with Gasteiger partial charge in [-0.25, -0.2) is 0 Å². The number of halogens is 1. The van der Waals surface area contributed by atoms with Crippen molar-refractivity contribution in [1.82, 2.24) is 4.90 Å². The number of carbonyl (C=O) groups is 2. The van der Waals surface area contributed by atoms with Crippen LogP contribution in [0.1, 0.15) is 24.5 Å². The first kappa shape index (κ1) is 19.0. The van der Waals surface area contributed by atoms with E-state index < -0.39 is 0 Å². The van der Waals surface area contributed by atoms with Crippen LogP contribution in [0.4, 0.5) is 0 Å². The van der Waals surface area contributed by atoms with Gasteiger partial charge in [0.1, 0.15) is 0 Å². The van der Waals surface area contributed by atoms with Crippen LogP contribution in [-0.4, -0.2) is 29.9 Å². The van der Waals surface area contributed by atoms with Crippen molar-refractivity contribution < 1.29 is 14.3 Å². The third-order valence-electron chi connectivity index (χ3n) is 3.76. The highest BCUT2D eigenvalue weighted by molar-refractivity contribution is 6.31. The third-order valence-corrected chi connectivity index (χ3v) is 4.13. The zero-order valence-electron chi connectivity index (χ0n) is 14.3. The number of amides is 1. The molecule has 0 heterocycles. The molecule has 0 N–H and O–H groups in total. The van der Waals surface area contributed by atoms with Crippen LogP contribution in [-0.2, 0) is 27.3 Å². The van der Waals surface area contributed by atoms with Gasteiger partial charge in [0.2, 0.25) is 5.91 Å². The lowest BCUT2D eigenvalue weighted by molar-refractivity contribution is -0.144. The molecule has 0 atom stereocenters. The van der Waals surface area contributed by atoms with Crippen LogP contribution in [0.2, 0.25) is 5.02 Å². The highest BCUT2D eigenvalue weighted by Gasteiger charge is 2.17. The number of hydrogen-bond acceptors (Lipinski definition) is 3. The molecule has 0 aliphatic carbocycles. The average Bonchev–Trinajstić information content (AvgIpc) is 2.61. The summed E-state index contributed by atoms with van der Waals surface area (Å²) >= 11 is 6.22. The molecule has 5 heteroatoms. The molecule has 2 aromatic rings. The molecule has 0 aliphatic heterocycles. The summed E-state index contributed by atoms with van der Waals surface area (Å²) in [6, 6.07) is 17.0. The molecule has 2 rings (SSSR count). The van der Waals surface area contributed by atoms with Crippen LogP contribution < -0.4 is 0 Å². The maximum atomic E-state index is 12.7. The van der Waals surface area contributed by atoms with E-state index in [1.807, 2.05) is 48.5 Å². The molecule has 0 radical (unpaired) electrons. The number of ether oxygens (including phenoxy) is 1. The minimum absolute atomic E-state index is 0.0459. The van der Waals surface area contributed by atoms with Crippen molar-refractivity contribution in [2.75, 3.05) is 13.2 Å². The van der Waals surface area contributed by atoms with Crippen LogP contribution >= 0.6 is 11.6 Å². The summed E-state index contributed by atoms with van der Waals surface area (Å²) in [5.74, 6) is -0.352. The van der Waals surface area contributed by atoms with Gasteiger partial charge >= 0.3 is 5.97 Å². The fraction of sp³-hybridized carbons (Fsp3) is 0.300. The van der Waals surface area contributed by atoms with Gasteiger partial charge in [-0.2, -0.15) is 0 Å². The lowest BCUT2D eigenvalue weighted by Gasteiger charge is -2.23. The summed E-state index contributed by atoms with van der Waals surface area (Å²) in [6.45, 7) is 2.77. The first-order valence-corrected chi connectivity index (χ1v) is 8.68. The first-order chi connectivity index (χ1) is 12.1. The SMILES string of the molecule is CCOC(=O)CCN(Cc1ccccc1Cl)C(=O)Cc1ccccc1. The average molecular weight is 360 g/mol. The predicted octanol–water partition coefficient (Wildman–Crippen LogP) is 3.86. The largest absolute Gasteiger partial charge is 0.466 e. The molecule has 2 aromatic carbocycles. The zero-order valence-corrected chi connectivity index (χ0v) is 15.0. The van der Waals surface area contributed by atoms with Gasteiger partial charge in [-0.1, -0.05) is 60.1 Å². The van der Waals surface area contributed by atoms with Gasteiger partial charge in [-0.3, -0.25) is 9.59 Å². The van der Waals surface area contributed by atoms with E-state index in [0.29, 0.717) is 24.7 Å². The highest BCUT2D eigenvalue weighted by Crippen LogP contribution is 2.18. The molecule has 1 amide bonds. The molecule has 0 aromatic heterocycles. The Morgan fingerprint density at radius 1 is 1.04 bits per heavy atom. The monoisotopic (exact) mass is 359 g/mol. The van der Waals surface area contributed by atoms with Gasteiger partial charge in [-0.05, 0) is 24.1 Å². The van der Waals surface area contributed by atoms with Crippen molar-refractivity contribution in [2.45, 2.75) is 26.3 Å². The normalized spacial score (nSPS) is 10.3. The second-order valence-corrected chi connectivity index (χ2v) is 6.03. The quantitative estimate of drug-likeness (QED) is 0.672. The summed E-state index contributed by atoms with van der Waals surface area (Å²) < 4.78 is 4.96. The molecule has 4 nitrogen and oxygen atoms in total. The molecule has 0 unspecified atom stereocenters. The number of nitrogens with zero attached hydrogens (tertiary/aromatic N) is 1. The Morgan fingerprint density at radius 2 is 1.72 bits per heavy atom. The van der Waals surface area contributed by atoms with Crippen LogP contribution in [0.15, 0.2) is 54.6 Å². The predicted molar refractivity (Wildman–Crippen MR) is 98.3 cm³/mol. The molecule has 0 saturated heterocycles. The zero-order chi connectivity index (χ0) is 18.1. The van der Waals surface area contributed by atoms with E-state index in [1.54, 1.807) is 17.9 Å². The Balaban J connectivity index is 2.08. The second-order valence-electron chi connectivity index (χ2n) is 5.62. The molecule has 0 spiro atoms. The smallest absolute Gasteiger partial charge is 0.307 e. The molecular weight excluding hydrogens is 338 g/mol. The van der Waals surface area contributed by atoms with E-state index in [4.69, 9.17) is 16.3 Å². The number of hydrogen-bond donors (Lipinski definition) is 0. The molecule has 132 valence electrons. The second kappa shape index (κ2) is 9.84. The first-order valence-electron chi connectivity index (χ1n) is 8.31. The van der Waals surface area contributed by atoms with Crippen LogP contribution in [0, 0.1) is 0 Å². The standard InChI is InChI=1S/C20H22ClNO3/c1-2-25-20(24)12-13-22(15-17-10-6-7-11-18(17)21)19(23)14-16-8-4-3-5-9-16/h3-11H,2,12-15H2,1H3. The van der Waals surface area contributed by atoms with Crippen molar-refractivity contribution in [3.05, 3.63) is 70.7 Å². The molecule has 0 saturated carbocycles. The lowest BCUT2D eigenvalue weighted by atomic mass is 10.1. The van der Waals surface area contributed by atoms with E-state index >= 15 is 0 Å². The number of rotatable bonds is 8. The summed E-state index contributed by atoms with van der Waals surface area (Å²) in [5, 5.41) is 0.608. The Bertz CT molecular complexity index is 703. The number of carbonyl (C=O) groups excluding carboxylic acids is 2. The van der Waals surface area contributed by atoms with Crippen molar-refractivity contribution in [3.8, 4) is 0 Å². The summed E-state index contributed by atoms with van der Waals surface area (Å²) in [4.78, 5) is 26.0. The van der Waals surface area contributed by atoms with Crippen molar-refractivity contribution >= 4 is 23.5 Å². The molecular formula is C20H22ClNO3. The Morgan fingerprint density at radius 3 is 2.40 bits per heavy atom. The highest BCUT2D eigenvalue weighted by atomic mass is 35.5. The minimum Gasteiger partial charge on any atom is -0.466 e. The molecule has 25 heavy (non-hydrogen) atoms. The fourth-order valence-corrected chi connectivity index (χ4v) is 2.66. The van der Waals surface area contributed by atoms with E-state index in [1.165, 1.54) is 0 Å². The van der Waals surface area contributed by atoms with E-state index in [-0.39, 0.29) is 24.7 Å². The van der Waals surface area contributed by atoms with Gasteiger partial charge in [-0.15, -0.1) is 0 Å². The van der Waals surface area contributed by atoms with Gasteiger partial charge in [0.15, 0.2) is 0 Å². The fourth-order valence-electron chi connectivity index (χ4n) is 2.47. The summed E-state index contributed by atoms with van der Waals surface area (Å²) in [7, 11) is 0. The molecule has 0 fully saturated rings. The molecule has 0 aliphatic rings. The van der Waals surface area contributed by atoms with Crippen molar-refractivity contribution in [3.63, 3.8) is 0 Å². The van der Waals surface area contributed by atoms with Crippen molar-refractivity contribution in [2.24, 2.45) is 0 Å². The van der Waals surface area contributed by atoms with Crippen LogP contribution in [0.25, 0.3) is 0 Å². The van der Waals surface area contributed by atoms with E-state index in [0.717, 1.165) is 11.1 Å². The maximum Gasteiger partial charge on any atom is 0.307 e. The van der Waals surface area contributed by atoms with Crippen molar-refractivity contribution in [1.29, 1.82) is 0 Å².